The zero-order valence-electron chi connectivity index (χ0n) is 10.3. The van der Waals surface area contributed by atoms with Crippen molar-refractivity contribution in [3.63, 3.8) is 0 Å². The minimum Gasteiger partial charge on any atom is -0.550 e. The monoisotopic (exact) mass is 223 g/mol. The first-order valence-corrected chi connectivity index (χ1v) is 5.61. The van der Waals surface area contributed by atoms with Gasteiger partial charge in [-0.2, -0.15) is 0 Å². The molecule has 0 amide bonds. The van der Waals surface area contributed by atoms with Gasteiger partial charge in [0.2, 0.25) is 0 Å². The largest absolute Gasteiger partial charge is 1.00 e. The van der Waals surface area contributed by atoms with Crippen molar-refractivity contribution in [2.45, 2.75) is 46.0 Å². The van der Waals surface area contributed by atoms with Crippen molar-refractivity contribution < 1.29 is 39.5 Å². The molecule has 0 aliphatic rings. The topological polar surface area (TPSA) is 52.2 Å². The molecule has 0 aromatic heterocycles. The van der Waals surface area contributed by atoms with Crippen molar-refractivity contribution in [1.82, 2.24) is 5.32 Å². The molecule has 0 aliphatic heterocycles. The van der Waals surface area contributed by atoms with E-state index < -0.39 is 5.97 Å². The molecule has 0 saturated heterocycles. The van der Waals surface area contributed by atoms with Crippen molar-refractivity contribution in [1.29, 1.82) is 0 Å². The van der Waals surface area contributed by atoms with Crippen LogP contribution in [0.4, 0.5) is 0 Å². The molecule has 0 fully saturated rings. The first-order valence-electron chi connectivity index (χ1n) is 5.61. The summed E-state index contributed by atoms with van der Waals surface area (Å²) in [5.41, 5.74) is 0. The third-order valence-corrected chi connectivity index (χ3v) is 2.48. The number of carbonyl (C=O) groups is 1. The Morgan fingerprint density at radius 2 is 2.07 bits per heavy atom. The van der Waals surface area contributed by atoms with Gasteiger partial charge in [0.15, 0.2) is 0 Å². The summed E-state index contributed by atoms with van der Waals surface area (Å²) in [5, 5.41) is 13.3. The zero-order chi connectivity index (χ0) is 10.8. The number of carbonyl (C=O) groups excluding carboxylic acids is 1. The predicted octanol–water partition coefficient (Wildman–Crippen LogP) is -2.06. The number of nitrogens with one attached hydrogen (secondary N) is 1. The molecule has 0 aromatic rings. The van der Waals surface area contributed by atoms with E-state index in [1.165, 1.54) is 25.7 Å². The van der Waals surface area contributed by atoms with E-state index in [-0.39, 0.29) is 36.0 Å². The van der Waals surface area contributed by atoms with Crippen LogP contribution in [0, 0.1) is 5.92 Å². The number of unbranched alkanes of at least 4 members (excludes halogenated alkanes) is 1. The SMILES string of the molecule is CCCCC(CC)CNCCC(=O)[O-].[Na+]. The zero-order valence-corrected chi connectivity index (χ0v) is 12.3. The number of carboxylic acid groups (broad SMARTS) is 1. The van der Waals surface area contributed by atoms with Gasteiger partial charge in [0.1, 0.15) is 0 Å². The molecule has 84 valence electrons. The number of hydrogen-bond donors (Lipinski definition) is 1. The van der Waals surface area contributed by atoms with E-state index in [0.717, 1.165) is 6.54 Å². The van der Waals surface area contributed by atoms with Gasteiger partial charge < -0.3 is 15.2 Å². The van der Waals surface area contributed by atoms with Crippen molar-refractivity contribution in [3.05, 3.63) is 0 Å². The van der Waals surface area contributed by atoms with Gasteiger partial charge in [-0.3, -0.25) is 0 Å². The summed E-state index contributed by atoms with van der Waals surface area (Å²) in [4.78, 5) is 10.1. The molecule has 0 rings (SSSR count). The second-order valence-electron chi connectivity index (χ2n) is 3.74. The van der Waals surface area contributed by atoms with Gasteiger partial charge in [-0.05, 0) is 25.3 Å². The van der Waals surface area contributed by atoms with Crippen molar-refractivity contribution in [2.75, 3.05) is 13.1 Å². The van der Waals surface area contributed by atoms with Gasteiger partial charge >= 0.3 is 29.6 Å². The molecule has 3 nitrogen and oxygen atoms in total. The van der Waals surface area contributed by atoms with E-state index in [1.54, 1.807) is 0 Å². The third kappa shape index (κ3) is 12.4. The maximum Gasteiger partial charge on any atom is 1.00 e. The Balaban J connectivity index is 0. The average molecular weight is 223 g/mol. The molecular formula is C11H22NNaO2. The van der Waals surface area contributed by atoms with Crippen LogP contribution < -0.4 is 40.0 Å². The number of aliphatic carboxylic acids is 1. The smallest absolute Gasteiger partial charge is 0.550 e. The van der Waals surface area contributed by atoms with E-state index >= 15 is 0 Å². The van der Waals surface area contributed by atoms with Crippen LogP contribution in [0.15, 0.2) is 0 Å². The number of rotatable bonds is 9. The molecule has 0 heterocycles. The first-order chi connectivity index (χ1) is 6.70. The summed E-state index contributed by atoms with van der Waals surface area (Å²) < 4.78 is 0. The summed E-state index contributed by atoms with van der Waals surface area (Å²) >= 11 is 0. The molecule has 0 aliphatic carbocycles. The van der Waals surface area contributed by atoms with Crippen LogP contribution in [0.25, 0.3) is 0 Å². The molecule has 1 unspecified atom stereocenters. The fraction of sp³-hybridized carbons (Fsp3) is 0.909. The van der Waals surface area contributed by atoms with Gasteiger partial charge in [0.05, 0.1) is 0 Å². The standard InChI is InChI=1S/C11H23NO2.Na/c1-3-5-6-10(4-2)9-12-8-7-11(13)14;/h10,12H,3-9H2,1-2H3,(H,13,14);/q;+1/p-1. The number of hydrogen-bond acceptors (Lipinski definition) is 3. The number of carboxylic acids is 1. The molecule has 0 aromatic carbocycles. The fourth-order valence-electron chi connectivity index (χ4n) is 1.44. The van der Waals surface area contributed by atoms with Gasteiger partial charge in [-0.15, -0.1) is 0 Å². The van der Waals surface area contributed by atoms with Gasteiger partial charge in [0, 0.05) is 12.5 Å². The van der Waals surface area contributed by atoms with Gasteiger partial charge in [-0.1, -0.05) is 33.1 Å². The summed E-state index contributed by atoms with van der Waals surface area (Å²) in [5.74, 6) is -0.282. The van der Waals surface area contributed by atoms with Crippen LogP contribution in [0.2, 0.25) is 0 Å². The summed E-state index contributed by atoms with van der Waals surface area (Å²) in [6.07, 6.45) is 5.02. The minimum atomic E-state index is -0.973. The molecule has 1 N–H and O–H groups in total. The Kier molecular flexibility index (Phi) is 14.8. The van der Waals surface area contributed by atoms with Crippen molar-refractivity contribution >= 4 is 5.97 Å². The van der Waals surface area contributed by atoms with E-state index in [0.29, 0.717) is 12.5 Å². The summed E-state index contributed by atoms with van der Waals surface area (Å²) in [6, 6.07) is 0. The van der Waals surface area contributed by atoms with E-state index in [2.05, 4.69) is 19.2 Å². The maximum absolute atomic E-state index is 10.1. The second-order valence-corrected chi connectivity index (χ2v) is 3.74. The van der Waals surface area contributed by atoms with Crippen LogP contribution >= 0.6 is 0 Å². The Bertz CT molecular complexity index is 154. The molecule has 0 spiro atoms. The van der Waals surface area contributed by atoms with Gasteiger partial charge in [-0.25, -0.2) is 0 Å². The molecule has 1 atom stereocenters. The van der Waals surface area contributed by atoms with Crippen LogP contribution in [0.1, 0.15) is 46.0 Å². The van der Waals surface area contributed by atoms with E-state index in [1.807, 2.05) is 0 Å². The Morgan fingerprint density at radius 3 is 2.53 bits per heavy atom. The third-order valence-electron chi connectivity index (χ3n) is 2.48. The normalized spacial score (nSPS) is 11.9. The Hall–Kier alpha value is 0.430. The average Bonchev–Trinajstić information content (AvgIpc) is 2.16. The second kappa shape index (κ2) is 12.5. The molecule has 15 heavy (non-hydrogen) atoms. The molecule has 0 saturated carbocycles. The molecular weight excluding hydrogens is 201 g/mol. The Morgan fingerprint density at radius 1 is 1.40 bits per heavy atom. The summed E-state index contributed by atoms with van der Waals surface area (Å²) in [6.45, 7) is 5.84. The van der Waals surface area contributed by atoms with Crippen LogP contribution in [-0.4, -0.2) is 19.1 Å². The fourth-order valence-corrected chi connectivity index (χ4v) is 1.44. The van der Waals surface area contributed by atoms with Crippen LogP contribution in [-0.2, 0) is 4.79 Å². The van der Waals surface area contributed by atoms with Crippen LogP contribution in [0.3, 0.4) is 0 Å². The molecule has 0 bridgehead atoms. The van der Waals surface area contributed by atoms with E-state index in [4.69, 9.17) is 0 Å². The predicted molar refractivity (Wildman–Crippen MR) is 55.8 cm³/mol. The first kappa shape index (κ1) is 17.8. The Labute approximate surface area is 115 Å². The van der Waals surface area contributed by atoms with Crippen molar-refractivity contribution in [2.24, 2.45) is 5.92 Å². The molecule has 0 radical (unpaired) electrons. The quantitative estimate of drug-likeness (QED) is 0.361. The summed E-state index contributed by atoms with van der Waals surface area (Å²) in [7, 11) is 0. The molecule has 4 heteroatoms. The van der Waals surface area contributed by atoms with Crippen LogP contribution in [0.5, 0.6) is 0 Å². The maximum atomic E-state index is 10.1. The van der Waals surface area contributed by atoms with Gasteiger partial charge in [0.25, 0.3) is 0 Å². The minimum absolute atomic E-state index is 0. The van der Waals surface area contributed by atoms with Crippen molar-refractivity contribution in [3.8, 4) is 0 Å². The van der Waals surface area contributed by atoms with E-state index in [9.17, 15) is 9.90 Å².